The summed E-state index contributed by atoms with van der Waals surface area (Å²) in [6, 6.07) is 8.76. The van der Waals surface area contributed by atoms with Crippen molar-refractivity contribution >= 4 is 21.9 Å². The zero-order chi connectivity index (χ0) is 15.6. The standard InChI is InChI=1S/C15H21NO3S2/c1-14-6-8-15(9-7-14)21(17,18)19-11-5-13-20-12-4-2-3-10-16/h6-9H,2-5,11-13H2,1H3. The highest BCUT2D eigenvalue weighted by atomic mass is 32.2. The number of nitriles is 1. The molecular formula is C15H21NO3S2. The Morgan fingerprint density at radius 1 is 1.14 bits per heavy atom. The second kappa shape index (κ2) is 9.82. The fraction of sp³-hybridized carbons (Fsp3) is 0.533. The number of benzene rings is 1. The molecule has 0 bridgehead atoms. The molecule has 0 saturated heterocycles. The molecule has 1 aromatic carbocycles. The van der Waals surface area contributed by atoms with Crippen LogP contribution in [0.1, 0.15) is 31.2 Å². The lowest BCUT2D eigenvalue weighted by molar-refractivity contribution is 0.319. The topological polar surface area (TPSA) is 67.2 Å². The molecule has 0 unspecified atom stereocenters. The van der Waals surface area contributed by atoms with E-state index in [1.54, 1.807) is 36.0 Å². The maximum Gasteiger partial charge on any atom is 0.296 e. The van der Waals surface area contributed by atoms with Crippen LogP contribution in [0.3, 0.4) is 0 Å². The van der Waals surface area contributed by atoms with Gasteiger partial charge in [-0.25, -0.2) is 0 Å². The van der Waals surface area contributed by atoms with Gasteiger partial charge in [-0.1, -0.05) is 17.7 Å². The Bertz CT molecular complexity index is 547. The summed E-state index contributed by atoms with van der Waals surface area (Å²) in [6.07, 6.45) is 3.27. The summed E-state index contributed by atoms with van der Waals surface area (Å²) in [5, 5.41) is 8.39. The van der Waals surface area contributed by atoms with Crippen molar-refractivity contribution in [2.24, 2.45) is 0 Å². The Kier molecular flexibility index (Phi) is 8.43. The van der Waals surface area contributed by atoms with Gasteiger partial charge in [-0.2, -0.15) is 25.4 Å². The van der Waals surface area contributed by atoms with Crippen LogP contribution in [-0.4, -0.2) is 26.5 Å². The maximum absolute atomic E-state index is 11.9. The predicted molar refractivity (Wildman–Crippen MR) is 85.7 cm³/mol. The second-order valence-corrected chi connectivity index (χ2v) is 7.51. The van der Waals surface area contributed by atoms with Crippen LogP contribution < -0.4 is 0 Å². The van der Waals surface area contributed by atoms with E-state index in [1.807, 2.05) is 6.92 Å². The highest BCUT2D eigenvalue weighted by Gasteiger charge is 2.14. The summed E-state index contributed by atoms with van der Waals surface area (Å²) in [4.78, 5) is 0.206. The van der Waals surface area contributed by atoms with Crippen molar-refractivity contribution in [1.29, 1.82) is 5.26 Å². The van der Waals surface area contributed by atoms with Crippen molar-refractivity contribution in [1.82, 2.24) is 0 Å². The average Bonchev–Trinajstić information content (AvgIpc) is 2.46. The Morgan fingerprint density at radius 2 is 1.81 bits per heavy atom. The first-order valence-electron chi connectivity index (χ1n) is 6.97. The zero-order valence-corrected chi connectivity index (χ0v) is 13.9. The van der Waals surface area contributed by atoms with Crippen molar-refractivity contribution in [3.05, 3.63) is 29.8 Å². The monoisotopic (exact) mass is 327 g/mol. The Hall–Kier alpha value is -1.03. The minimum Gasteiger partial charge on any atom is -0.266 e. The first kappa shape index (κ1) is 18.0. The van der Waals surface area contributed by atoms with E-state index in [-0.39, 0.29) is 11.5 Å². The summed E-state index contributed by atoms with van der Waals surface area (Å²) in [7, 11) is -3.63. The summed E-state index contributed by atoms with van der Waals surface area (Å²) < 4.78 is 28.8. The van der Waals surface area contributed by atoms with E-state index in [1.165, 1.54) is 0 Å². The normalized spacial score (nSPS) is 11.2. The van der Waals surface area contributed by atoms with Gasteiger partial charge in [0, 0.05) is 6.42 Å². The summed E-state index contributed by atoms with van der Waals surface area (Å²) in [6.45, 7) is 2.12. The molecule has 0 saturated carbocycles. The van der Waals surface area contributed by atoms with Crippen LogP contribution in [0.4, 0.5) is 0 Å². The number of hydrogen-bond donors (Lipinski definition) is 0. The third kappa shape index (κ3) is 7.51. The molecule has 0 aliphatic heterocycles. The lowest BCUT2D eigenvalue weighted by atomic mass is 10.2. The SMILES string of the molecule is Cc1ccc(S(=O)(=O)OCCCSCCCCC#N)cc1. The zero-order valence-electron chi connectivity index (χ0n) is 12.2. The van der Waals surface area contributed by atoms with Crippen LogP contribution in [0.25, 0.3) is 0 Å². The Morgan fingerprint density at radius 3 is 2.48 bits per heavy atom. The molecule has 4 nitrogen and oxygen atoms in total. The molecule has 21 heavy (non-hydrogen) atoms. The van der Waals surface area contributed by atoms with Crippen molar-refractivity contribution < 1.29 is 12.6 Å². The van der Waals surface area contributed by atoms with Gasteiger partial charge in [0.25, 0.3) is 10.1 Å². The first-order valence-corrected chi connectivity index (χ1v) is 9.53. The fourth-order valence-electron chi connectivity index (χ4n) is 1.61. The summed E-state index contributed by atoms with van der Waals surface area (Å²) >= 11 is 1.77. The number of thioether (sulfide) groups is 1. The van der Waals surface area contributed by atoms with Crippen LogP contribution in [-0.2, 0) is 14.3 Å². The Balaban J connectivity index is 2.17. The number of unbranched alkanes of at least 4 members (excludes halogenated alkanes) is 2. The van der Waals surface area contributed by atoms with Crippen molar-refractivity contribution in [2.75, 3.05) is 18.1 Å². The highest BCUT2D eigenvalue weighted by molar-refractivity contribution is 7.99. The van der Waals surface area contributed by atoms with Crippen LogP contribution in [0.5, 0.6) is 0 Å². The Labute approximate surface area is 131 Å². The van der Waals surface area contributed by atoms with E-state index in [2.05, 4.69) is 6.07 Å². The van der Waals surface area contributed by atoms with Crippen molar-refractivity contribution in [3.63, 3.8) is 0 Å². The van der Waals surface area contributed by atoms with Gasteiger partial charge < -0.3 is 0 Å². The van der Waals surface area contributed by atoms with E-state index in [9.17, 15) is 8.42 Å². The van der Waals surface area contributed by atoms with Gasteiger partial charge in [0.2, 0.25) is 0 Å². The molecule has 1 rings (SSSR count). The molecule has 0 spiro atoms. The first-order chi connectivity index (χ1) is 10.1. The fourth-order valence-corrected chi connectivity index (χ4v) is 3.49. The molecule has 0 heterocycles. The number of hydrogen-bond acceptors (Lipinski definition) is 5. The molecular weight excluding hydrogens is 306 g/mol. The van der Waals surface area contributed by atoms with Crippen molar-refractivity contribution in [3.8, 4) is 6.07 Å². The van der Waals surface area contributed by atoms with Gasteiger partial charge in [-0.3, -0.25) is 4.18 Å². The van der Waals surface area contributed by atoms with Gasteiger partial charge in [-0.05, 0) is 49.8 Å². The highest BCUT2D eigenvalue weighted by Crippen LogP contribution is 2.14. The molecule has 1 aromatic rings. The second-order valence-electron chi connectivity index (χ2n) is 4.67. The number of rotatable bonds is 10. The smallest absolute Gasteiger partial charge is 0.266 e. The molecule has 6 heteroatoms. The molecule has 0 N–H and O–H groups in total. The predicted octanol–water partition coefficient (Wildman–Crippen LogP) is 3.52. The van der Waals surface area contributed by atoms with Gasteiger partial charge >= 0.3 is 0 Å². The van der Waals surface area contributed by atoms with E-state index in [0.29, 0.717) is 12.8 Å². The molecule has 0 fully saturated rings. The molecule has 0 atom stereocenters. The third-order valence-electron chi connectivity index (χ3n) is 2.81. The van der Waals surface area contributed by atoms with E-state index in [4.69, 9.17) is 9.44 Å². The van der Waals surface area contributed by atoms with E-state index >= 15 is 0 Å². The lowest BCUT2D eigenvalue weighted by Gasteiger charge is -2.06. The molecule has 0 amide bonds. The van der Waals surface area contributed by atoms with Crippen molar-refractivity contribution in [2.45, 2.75) is 37.5 Å². The quantitative estimate of drug-likeness (QED) is 0.486. The van der Waals surface area contributed by atoms with Crippen LogP contribution >= 0.6 is 11.8 Å². The van der Waals surface area contributed by atoms with E-state index in [0.717, 1.165) is 29.9 Å². The largest absolute Gasteiger partial charge is 0.296 e. The summed E-state index contributed by atoms with van der Waals surface area (Å²) in [5.41, 5.74) is 1.02. The van der Waals surface area contributed by atoms with Crippen LogP contribution in [0.15, 0.2) is 29.2 Å². The van der Waals surface area contributed by atoms with Crippen LogP contribution in [0, 0.1) is 18.3 Å². The molecule has 0 radical (unpaired) electrons. The molecule has 116 valence electrons. The minimum atomic E-state index is -3.63. The molecule has 0 aliphatic rings. The van der Waals surface area contributed by atoms with Gasteiger partial charge in [-0.15, -0.1) is 0 Å². The minimum absolute atomic E-state index is 0.206. The number of nitrogens with zero attached hydrogens (tertiary/aromatic N) is 1. The molecule has 0 aliphatic carbocycles. The van der Waals surface area contributed by atoms with Crippen LogP contribution in [0.2, 0.25) is 0 Å². The van der Waals surface area contributed by atoms with Gasteiger partial charge in [0.05, 0.1) is 17.6 Å². The third-order valence-corrected chi connectivity index (χ3v) is 5.29. The van der Waals surface area contributed by atoms with Gasteiger partial charge in [0.15, 0.2) is 0 Å². The maximum atomic E-state index is 11.9. The average molecular weight is 327 g/mol. The molecule has 0 aromatic heterocycles. The lowest BCUT2D eigenvalue weighted by Crippen LogP contribution is -2.08. The van der Waals surface area contributed by atoms with E-state index < -0.39 is 10.1 Å². The van der Waals surface area contributed by atoms with Gasteiger partial charge in [0.1, 0.15) is 0 Å². The summed E-state index contributed by atoms with van der Waals surface area (Å²) in [5.74, 6) is 1.88. The number of aryl methyl sites for hydroxylation is 1.